The van der Waals surface area contributed by atoms with Crippen LogP contribution in [0.25, 0.3) is 11.1 Å². The smallest absolute Gasteiger partial charge is 0.123 e. The standard InChI is InChI=1S/C23H26ClN3O2/c1-28-20-9-10-22(29-2)18(12-20)15-27-11-3-4-17(14-27)23-21(13-25-26-23)16-5-7-19(24)8-6-16/h5-10,12-13,17H,3-4,11,14-15H2,1-2H3,(H,25,26). The summed E-state index contributed by atoms with van der Waals surface area (Å²) < 4.78 is 11.0. The van der Waals surface area contributed by atoms with Crippen molar-refractivity contribution >= 4 is 11.6 Å². The highest BCUT2D eigenvalue weighted by Gasteiger charge is 2.26. The fourth-order valence-corrected chi connectivity index (χ4v) is 4.27. The van der Waals surface area contributed by atoms with Gasteiger partial charge in [-0.1, -0.05) is 23.7 Å². The van der Waals surface area contributed by atoms with Crippen LogP contribution in [0.15, 0.2) is 48.7 Å². The molecule has 0 bridgehead atoms. The number of likely N-dealkylation sites (tertiary alicyclic amines) is 1. The number of methoxy groups -OCH3 is 2. The van der Waals surface area contributed by atoms with E-state index in [1.807, 2.05) is 30.5 Å². The molecule has 29 heavy (non-hydrogen) atoms. The number of nitrogens with one attached hydrogen (secondary N) is 1. The van der Waals surface area contributed by atoms with Crippen molar-refractivity contribution in [3.8, 4) is 22.6 Å². The first-order valence-corrected chi connectivity index (χ1v) is 10.3. The van der Waals surface area contributed by atoms with Crippen molar-refractivity contribution in [1.82, 2.24) is 15.1 Å². The number of ether oxygens (including phenoxy) is 2. The molecule has 1 atom stereocenters. The SMILES string of the molecule is COc1ccc(OC)c(CN2CCCC(c3[nH]ncc3-c3ccc(Cl)cc3)C2)c1. The number of hydrogen-bond acceptors (Lipinski definition) is 4. The minimum Gasteiger partial charge on any atom is -0.497 e. The Hall–Kier alpha value is -2.50. The molecule has 6 heteroatoms. The minimum atomic E-state index is 0.411. The van der Waals surface area contributed by atoms with Crippen molar-refractivity contribution in [2.45, 2.75) is 25.3 Å². The van der Waals surface area contributed by atoms with E-state index in [0.717, 1.165) is 65.7 Å². The molecular weight excluding hydrogens is 386 g/mol. The van der Waals surface area contributed by atoms with Gasteiger partial charge in [-0.3, -0.25) is 10.00 Å². The van der Waals surface area contributed by atoms with Crippen LogP contribution in [0.3, 0.4) is 0 Å². The van der Waals surface area contributed by atoms with E-state index >= 15 is 0 Å². The highest BCUT2D eigenvalue weighted by molar-refractivity contribution is 6.30. The lowest BCUT2D eigenvalue weighted by atomic mass is 9.90. The van der Waals surface area contributed by atoms with Crippen LogP contribution in [0.5, 0.6) is 11.5 Å². The van der Waals surface area contributed by atoms with Crippen LogP contribution in [-0.4, -0.2) is 42.4 Å². The van der Waals surface area contributed by atoms with Crippen molar-refractivity contribution in [1.29, 1.82) is 0 Å². The number of benzene rings is 2. The summed E-state index contributed by atoms with van der Waals surface area (Å²) in [6.45, 7) is 2.88. The number of H-pyrrole nitrogens is 1. The molecule has 5 nitrogen and oxygen atoms in total. The Morgan fingerprint density at radius 2 is 1.97 bits per heavy atom. The number of nitrogens with zero attached hydrogens (tertiary/aromatic N) is 2. The van der Waals surface area contributed by atoms with Crippen LogP contribution >= 0.6 is 11.6 Å². The normalized spacial score (nSPS) is 17.3. The maximum Gasteiger partial charge on any atom is 0.123 e. The zero-order valence-electron chi connectivity index (χ0n) is 16.8. The van der Waals surface area contributed by atoms with Crippen molar-refractivity contribution in [2.75, 3.05) is 27.3 Å². The van der Waals surface area contributed by atoms with Crippen LogP contribution in [0.1, 0.15) is 30.0 Å². The Morgan fingerprint density at radius 3 is 2.72 bits per heavy atom. The van der Waals surface area contributed by atoms with E-state index in [0.29, 0.717) is 5.92 Å². The first kappa shape index (κ1) is 19.8. The van der Waals surface area contributed by atoms with Gasteiger partial charge in [-0.2, -0.15) is 5.10 Å². The van der Waals surface area contributed by atoms with E-state index in [1.165, 1.54) is 5.69 Å². The van der Waals surface area contributed by atoms with Crippen LogP contribution in [0.4, 0.5) is 0 Å². The minimum absolute atomic E-state index is 0.411. The molecule has 1 unspecified atom stereocenters. The summed E-state index contributed by atoms with van der Waals surface area (Å²) >= 11 is 6.05. The van der Waals surface area contributed by atoms with Gasteiger partial charge >= 0.3 is 0 Å². The fraction of sp³-hybridized carbons (Fsp3) is 0.348. The summed E-state index contributed by atoms with van der Waals surface area (Å²) in [6, 6.07) is 13.9. The van der Waals surface area contributed by atoms with Crippen molar-refractivity contribution < 1.29 is 9.47 Å². The van der Waals surface area contributed by atoms with Crippen LogP contribution in [0.2, 0.25) is 5.02 Å². The summed E-state index contributed by atoms with van der Waals surface area (Å²) in [5.41, 5.74) is 4.65. The molecule has 1 saturated heterocycles. The molecule has 1 aliphatic heterocycles. The molecule has 4 rings (SSSR count). The Bertz CT molecular complexity index is 955. The lowest BCUT2D eigenvalue weighted by Crippen LogP contribution is -2.34. The molecular formula is C23H26ClN3O2. The molecule has 2 heterocycles. The number of aromatic nitrogens is 2. The molecule has 1 fully saturated rings. The van der Waals surface area contributed by atoms with Gasteiger partial charge in [0.25, 0.3) is 0 Å². The molecule has 2 aromatic carbocycles. The third kappa shape index (κ3) is 4.41. The molecule has 0 spiro atoms. The van der Waals surface area contributed by atoms with Gasteiger partial charge in [-0.25, -0.2) is 0 Å². The molecule has 1 aliphatic rings. The van der Waals surface area contributed by atoms with Crippen molar-refractivity contribution in [2.24, 2.45) is 0 Å². The quantitative estimate of drug-likeness (QED) is 0.611. The topological polar surface area (TPSA) is 50.4 Å². The Kier molecular flexibility index (Phi) is 6.07. The highest BCUT2D eigenvalue weighted by Crippen LogP contribution is 2.34. The second kappa shape index (κ2) is 8.89. The summed E-state index contributed by atoms with van der Waals surface area (Å²) in [4.78, 5) is 2.48. The van der Waals surface area contributed by atoms with E-state index in [9.17, 15) is 0 Å². The number of halogens is 1. The number of hydrogen-bond donors (Lipinski definition) is 1. The molecule has 3 aromatic rings. The summed E-state index contributed by atoms with van der Waals surface area (Å²) in [5, 5.41) is 8.35. The summed E-state index contributed by atoms with van der Waals surface area (Å²) in [5.74, 6) is 2.16. The predicted molar refractivity (Wildman–Crippen MR) is 116 cm³/mol. The monoisotopic (exact) mass is 411 g/mol. The lowest BCUT2D eigenvalue weighted by Gasteiger charge is -2.33. The average molecular weight is 412 g/mol. The maximum atomic E-state index is 6.05. The fourth-order valence-electron chi connectivity index (χ4n) is 4.15. The van der Waals surface area contributed by atoms with Gasteiger partial charge in [0.2, 0.25) is 0 Å². The predicted octanol–water partition coefficient (Wildman–Crippen LogP) is 5.13. The summed E-state index contributed by atoms with van der Waals surface area (Å²) in [7, 11) is 3.41. The second-order valence-corrected chi connectivity index (χ2v) is 7.89. The van der Waals surface area contributed by atoms with E-state index in [-0.39, 0.29) is 0 Å². The second-order valence-electron chi connectivity index (χ2n) is 7.46. The summed E-state index contributed by atoms with van der Waals surface area (Å²) in [6.07, 6.45) is 4.22. The molecule has 1 aromatic heterocycles. The highest BCUT2D eigenvalue weighted by atomic mass is 35.5. The molecule has 152 valence electrons. The van der Waals surface area contributed by atoms with Crippen LogP contribution in [0, 0.1) is 0 Å². The number of aromatic amines is 1. The number of piperidine rings is 1. The van der Waals surface area contributed by atoms with E-state index in [4.69, 9.17) is 21.1 Å². The molecule has 1 N–H and O–H groups in total. The molecule has 0 amide bonds. The number of rotatable bonds is 6. The van der Waals surface area contributed by atoms with Crippen LogP contribution < -0.4 is 9.47 Å². The first-order valence-electron chi connectivity index (χ1n) is 9.90. The molecule has 0 saturated carbocycles. The van der Waals surface area contributed by atoms with Gasteiger partial charge < -0.3 is 9.47 Å². The third-order valence-corrected chi connectivity index (χ3v) is 5.87. The van der Waals surface area contributed by atoms with E-state index in [1.54, 1.807) is 14.2 Å². The van der Waals surface area contributed by atoms with Gasteiger partial charge in [0.15, 0.2) is 0 Å². The zero-order valence-corrected chi connectivity index (χ0v) is 17.6. The first-order chi connectivity index (χ1) is 14.2. The van der Waals surface area contributed by atoms with E-state index in [2.05, 4.69) is 33.3 Å². The Balaban J connectivity index is 1.53. The van der Waals surface area contributed by atoms with Gasteiger partial charge in [0.1, 0.15) is 11.5 Å². The van der Waals surface area contributed by atoms with Gasteiger partial charge in [-0.15, -0.1) is 0 Å². The Labute approximate surface area is 176 Å². The molecule has 0 radical (unpaired) electrons. The third-order valence-electron chi connectivity index (χ3n) is 5.62. The Morgan fingerprint density at radius 1 is 1.14 bits per heavy atom. The van der Waals surface area contributed by atoms with Gasteiger partial charge in [0, 0.05) is 40.9 Å². The average Bonchev–Trinajstić information content (AvgIpc) is 3.24. The van der Waals surface area contributed by atoms with Crippen molar-refractivity contribution in [3.63, 3.8) is 0 Å². The van der Waals surface area contributed by atoms with Crippen molar-refractivity contribution in [3.05, 3.63) is 64.9 Å². The van der Waals surface area contributed by atoms with E-state index < -0.39 is 0 Å². The lowest BCUT2D eigenvalue weighted by molar-refractivity contribution is 0.196. The van der Waals surface area contributed by atoms with Crippen LogP contribution in [-0.2, 0) is 6.54 Å². The zero-order chi connectivity index (χ0) is 20.2. The molecule has 0 aliphatic carbocycles. The maximum absolute atomic E-state index is 6.05. The largest absolute Gasteiger partial charge is 0.497 e. The van der Waals surface area contributed by atoms with Gasteiger partial charge in [0.05, 0.1) is 20.4 Å². The van der Waals surface area contributed by atoms with Gasteiger partial charge in [-0.05, 0) is 55.3 Å².